The number of hydrogen-bond acceptors (Lipinski definition) is 2. The van der Waals surface area contributed by atoms with Crippen molar-refractivity contribution >= 4 is 79.5 Å². The van der Waals surface area contributed by atoms with E-state index >= 15 is 0 Å². The van der Waals surface area contributed by atoms with E-state index in [0.29, 0.717) is 0 Å². The molecule has 13 rings (SSSR count). The maximum Gasteiger partial charge on any atom is 0.245 e. The summed E-state index contributed by atoms with van der Waals surface area (Å²) in [5.41, 5.74) is 18.4. The normalized spacial score (nSPS) is 14.0. The molecule has 1 spiro atoms. The summed E-state index contributed by atoms with van der Waals surface area (Å²) in [5.74, 6) is 0. The molecule has 9 aromatic carbocycles. The summed E-state index contributed by atoms with van der Waals surface area (Å²) in [6.07, 6.45) is 3.79. The number of hydrogen-bond donors (Lipinski definition) is 0. The Hall–Kier alpha value is -6.87. The van der Waals surface area contributed by atoms with Gasteiger partial charge >= 0.3 is 0 Å². The van der Waals surface area contributed by atoms with Crippen LogP contribution in [0.4, 0.5) is 0 Å². The molecule has 0 saturated carbocycles. The lowest BCUT2D eigenvalue weighted by Crippen LogP contribution is -2.68. The molecule has 0 atom stereocenters. The summed E-state index contributed by atoms with van der Waals surface area (Å²) < 4.78 is 0. The highest BCUT2D eigenvalue weighted by Crippen LogP contribution is 2.49. The highest BCUT2D eigenvalue weighted by Gasteiger charge is 2.54. The predicted octanol–water partition coefficient (Wildman–Crippen LogP) is 9.23. The van der Waals surface area contributed by atoms with Gasteiger partial charge in [-0.1, -0.05) is 220 Å². The Bertz CT molecular complexity index is 3270. The largest absolute Gasteiger partial charge is 0.265 e. The zero-order valence-corrected chi connectivity index (χ0v) is 33.5. The lowest BCUT2D eigenvalue weighted by Gasteiger charge is -2.50. The van der Waals surface area contributed by atoms with Crippen LogP contribution in [-0.2, 0) is 5.41 Å². The molecule has 1 nitrogen and oxygen atoms in total. The van der Waals surface area contributed by atoms with Crippen molar-refractivity contribution in [2.45, 2.75) is 15.2 Å². The van der Waals surface area contributed by atoms with E-state index in [1.165, 1.54) is 109 Å². The molecule has 10 aromatic rings. The van der Waals surface area contributed by atoms with Crippen LogP contribution in [0.1, 0.15) is 22.3 Å². The third-order valence-corrected chi connectivity index (χ3v) is 14.8. The monoisotopic (exact) mass is 775 g/mol. The highest BCUT2D eigenvalue weighted by molar-refractivity contribution is 8.00. The molecule has 0 aliphatic carbocycles. The zero-order valence-electron chi connectivity index (χ0n) is 32.7. The lowest BCUT2D eigenvalue weighted by molar-refractivity contribution is 0.754. The van der Waals surface area contributed by atoms with E-state index in [1.54, 1.807) is 0 Å². The second-order valence-electron chi connectivity index (χ2n) is 16.4. The van der Waals surface area contributed by atoms with Crippen molar-refractivity contribution in [2.75, 3.05) is 0 Å². The Labute approximate surface area is 355 Å². The van der Waals surface area contributed by atoms with Crippen molar-refractivity contribution in [3.8, 4) is 22.3 Å². The number of pyridine rings is 1. The van der Waals surface area contributed by atoms with Gasteiger partial charge in [0.25, 0.3) is 0 Å². The van der Waals surface area contributed by atoms with Crippen LogP contribution in [0.5, 0.6) is 0 Å². The molecule has 3 aliphatic rings. The van der Waals surface area contributed by atoms with Crippen molar-refractivity contribution in [3.63, 3.8) is 0 Å². The molecule has 0 saturated heterocycles. The van der Waals surface area contributed by atoms with Crippen molar-refractivity contribution in [1.82, 2.24) is 4.98 Å². The minimum absolute atomic E-state index is 0.0687. The fraction of sp³-hybridized carbons (Fsp3) is 0.0179. The molecular formula is C56H35B2NS. The van der Waals surface area contributed by atoms with Crippen molar-refractivity contribution in [2.24, 2.45) is 0 Å². The van der Waals surface area contributed by atoms with Crippen LogP contribution < -0.4 is 32.8 Å². The Morgan fingerprint density at radius 2 is 0.783 bits per heavy atom. The molecule has 0 radical (unpaired) electrons. The van der Waals surface area contributed by atoms with Gasteiger partial charge in [0.05, 0.1) is 5.41 Å². The molecule has 60 heavy (non-hydrogen) atoms. The van der Waals surface area contributed by atoms with E-state index in [9.17, 15) is 0 Å². The Balaban J connectivity index is 1.02. The highest BCUT2D eigenvalue weighted by atomic mass is 32.2. The van der Waals surface area contributed by atoms with E-state index in [0.717, 1.165) is 0 Å². The van der Waals surface area contributed by atoms with Gasteiger partial charge in [0, 0.05) is 22.2 Å². The summed E-state index contributed by atoms with van der Waals surface area (Å²) in [5, 5.41) is 5.02. The standard InChI is InChI=1S/C56H35B2NS/c1-3-16-41-39(14-1)53(40-15-2-4-17-42(40)54(41)37-32-34-59-35-33-37)36-28-30-38(31-29-36)57-47-22-8-5-18-43(47)56(44-19-6-9-23-48(44)57)45-20-7-10-24-49(45)58-50-25-11-12-26-51(50)60-52-27-13-21-46(56)55(52)58/h1-35H. The molecule has 3 aliphatic heterocycles. The van der Waals surface area contributed by atoms with Gasteiger partial charge in [-0.2, -0.15) is 0 Å². The number of aromatic nitrogens is 1. The van der Waals surface area contributed by atoms with Crippen molar-refractivity contribution in [1.29, 1.82) is 0 Å². The van der Waals surface area contributed by atoms with Gasteiger partial charge in [-0.25, -0.2) is 0 Å². The van der Waals surface area contributed by atoms with Gasteiger partial charge in [0.2, 0.25) is 13.4 Å². The Morgan fingerprint density at radius 1 is 0.350 bits per heavy atom. The van der Waals surface area contributed by atoms with E-state index in [1.807, 2.05) is 24.2 Å². The van der Waals surface area contributed by atoms with Crippen LogP contribution in [-0.4, -0.2) is 18.4 Å². The van der Waals surface area contributed by atoms with E-state index in [4.69, 9.17) is 0 Å². The molecule has 0 fully saturated rings. The van der Waals surface area contributed by atoms with E-state index < -0.39 is 5.41 Å². The molecule has 276 valence electrons. The lowest BCUT2D eigenvalue weighted by atomic mass is 9.26. The maximum atomic E-state index is 4.33. The van der Waals surface area contributed by atoms with Crippen LogP contribution in [0.15, 0.2) is 222 Å². The summed E-state index contributed by atoms with van der Waals surface area (Å²) in [6.45, 7) is 0.255. The van der Waals surface area contributed by atoms with Crippen LogP contribution >= 0.6 is 11.8 Å². The zero-order chi connectivity index (χ0) is 39.4. The topological polar surface area (TPSA) is 12.9 Å². The van der Waals surface area contributed by atoms with Crippen LogP contribution in [0.3, 0.4) is 0 Å². The molecule has 4 heterocycles. The smallest absolute Gasteiger partial charge is 0.245 e. The third kappa shape index (κ3) is 4.60. The van der Waals surface area contributed by atoms with Gasteiger partial charge in [-0.15, -0.1) is 0 Å². The van der Waals surface area contributed by atoms with Gasteiger partial charge in [0.1, 0.15) is 0 Å². The number of fused-ring (bicyclic) bond motifs is 12. The molecule has 0 N–H and O–H groups in total. The first kappa shape index (κ1) is 34.0. The van der Waals surface area contributed by atoms with Gasteiger partial charge in [-0.3, -0.25) is 4.98 Å². The second kappa shape index (κ2) is 13.1. The summed E-state index contributed by atoms with van der Waals surface area (Å²) >= 11 is 1.93. The molecule has 0 unspecified atom stereocenters. The van der Waals surface area contributed by atoms with Gasteiger partial charge in [0.15, 0.2) is 0 Å². The average molecular weight is 776 g/mol. The van der Waals surface area contributed by atoms with Gasteiger partial charge < -0.3 is 0 Å². The first-order chi connectivity index (χ1) is 29.8. The minimum Gasteiger partial charge on any atom is -0.265 e. The quantitative estimate of drug-likeness (QED) is 0.131. The second-order valence-corrected chi connectivity index (χ2v) is 17.5. The van der Waals surface area contributed by atoms with Crippen molar-refractivity contribution in [3.05, 3.63) is 235 Å². The molecule has 0 bridgehead atoms. The molecule has 0 amide bonds. The summed E-state index contributed by atoms with van der Waals surface area (Å²) in [6, 6.07) is 75.7. The number of benzene rings is 9. The Morgan fingerprint density at radius 3 is 1.35 bits per heavy atom. The van der Waals surface area contributed by atoms with Crippen LogP contribution in [0, 0.1) is 0 Å². The fourth-order valence-electron chi connectivity index (χ4n) is 11.4. The average Bonchev–Trinajstić information content (AvgIpc) is 3.32. The minimum atomic E-state index is -0.469. The summed E-state index contributed by atoms with van der Waals surface area (Å²) in [4.78, 5) is 7.06. The van der Waals surface area contributed by atoms with Gasteiger partial charge in [-0.05, 0) is 90.3 Å². The first-order valence-electron chi connectivity index (χ1n) is 20.9. The maximum absolute atomic E-state index is 4.33. The van der Waals surface area contributed by atoms with Crippen molar-refractivity contribution < 1.29 is 0 Å². The van der Waals surface area contributed by atoms with E-state index in [2.05, 4.69) is 205 Å². The number of rotatable bonds is 3. The molecular weight excluding hydrogens is 740 g/mol. The first-order valence-corrected chi connectivity index (χ1v) is 21.7. The SMILES string of the molecule is c1ccc2c(c1)Sc1cccc3c1B2c1ccccc1C31c2ccccc2B(c2ccc(-c3c4ccccc4c(-c4ccncc4)c4ccccc34)cc2)c2ccccc21. The molecule has 1 aromatic heterocycles. The Kier molecular flexibility index (Phi) is 7.41. The third-order valence-electron chi connectivity index (χ3n) is 13.7. The molecule has 4 heteroatoms. The van der Waals surface area contributed by atoms with Crippen LogP contribution in [0.25, 0.3) is 43.8 Å². The summed E-state index contributed by atoms with van der Waals surface area (Å²) in [7, 11) is 0. The number of nitrogens with zero attached hydrogens (tertiary/aromatic N) is 1. The predicted molar refractivity (Wildman–Crippen MR) is 255 cm³/mol. The van der Waals surface area contributed by atoms with E-state index in [-0.39, 0.29) is 13.4 Å². The fourth-order valence-corrected chi connectivity index (χ4v) is 12.6. The van der Waals surface area contributed by atoms with Crippen LogP contribution in [0.2, 0.25) is 0 Å².